The SMILES string of the molecule is Cl.FC(F)(F)Oc1cc(Br)cc([C@@H]2CCN2)c1. The van der Waals surface area contributed by atoms with E-state index in [1.807, 2.05) is 0 Å². The lowest BCUT2D eigenvalue weighted by Gasteiger charge is -2.28. The van der Waals surface area contributed by atoms with E-state index in [4.69, 9.17) is 0 Å². The van der Waals surface area contributed by atoms with Crippen molar-refractivity contribution in [3.8, 4) is 5.75 Å². The Labute approximate surface area is 111 Å². The lowest BCUT2D eigenvalue weighted by Crippen LogP contribution is -2.34. The van der Waals surface area contributed by atoms with Gasteiger partial charge in [-0.25, -0.2) is 0 Å². The lowest BCUT2D eigenvalue weighted by molar-refractivity contribution is -0.274. The van der Waals surface area contributed by atoms with Gasteiger partial charge >= 0.3 is 6.36 Å². The van der Waals surface area contributed by atoms with Gasteiger partial charge in [-0.1, -0.05) is 15.9 Å². The van der Waals surface area contributed by atoms with Crippen LogP contribution in [0, 0.1) is 0 Å². The first-order valence-corrected chi connectivity index (χ1v) is 5.53. The molecule has 1 atom stereocenters. The van der Waals surface area contributed by atoms with Crippen molar-refractivity contribution >= 4 is 28.3 Å². The van der Waals surface area contributed by atoms with Gasteiger partial charge in [-0.2, -0.15) is 0 Å². The highest BCUT2D eigenvalue weighted by Crippen LogP contribution is 2.32. The van der Waals surface area contributed by atoms with Gasteiger partial charge in [0.15, 0.2) is 0 Å². The summed E-state index contributed by atoms with van der Waals surface area (Å²) in [5, 5.41) is 3.12. The number of rotatable bonds is 2. The minimum absolute atomic E-state index is 0. The number of ether oxygens (including phenoxy) is 1. The van der Waals surface area contributed by atoms with Gasteiger partial charge in [0.25, 0.3) is 0 Å². The molecule has 0 aliphatic carbocycles. The maximum atomic E-state index is 12.0. The van der Waals surface area contributed by atoms with Gasteiger partial charge in [0.2, 0.25) is 0 Å². The molecule has 2 rings (SSSR count). The van der Waals surface area contributed by atoms with Gasteiger partial charge in [-0.05, 0) is 36.7 Å². The molecule has 0 amide bonds. The smallest absolute Gasteiger partial charge is 0.406 e. The molecule has 0 aromatic heterocycles. The highest BCUT2D eigenvalue weighted by atomic mass is 79.9. The zero-order chi connectivity index (χ0) is 11.8. The minimum Gasteiger partial charge on any atom is -0.406 e. The van der Waals surface area contributed by atoms with Gasteiger partial charge in [0.05, 0.1) is 0 Å². The van der Waals surface area contributed by atoms with Crippen LogP contribution >= 0.6 is 28.3 Å². The number of benzene rings is 1. The van der Waals surface area contributed by atoms with Crippen molar-refractivity contribution in [3.05, 3.63) is 28.2 Å². The molecule has 1 heterocycles. The highest BCUT2D eigenvalue weighted by Gasteiger charge is 2.31. The summed E-state index contributed by atoms with van der Waals surface area (Å²) >= 11 is 3.17. The van der Waals surface area contributed by atoms with E-state index in [1.54, 1.807) is 6.07 Å². The molecule has 1 saturated heterocycles. The van der Waals surface area contributed by atoms with E-state index in [-0.39, 0.29) is 24.2 Å². The van der Waals surface area contributed by atoms with Crippen LogP contribution in [-0.4, -0.2) is 12.9 Å². The molecular weight excluding hydrogens is 322 g/mol. The van der Waals surface area contributed by atoms with Crippen molar-refractivity contribution in [3.63, 3.8) is 0 Å². The molecule has 1 aliphatic rings. The van der Waals surface area contributed by atoms with Crippen LogP contribution in [0.15, 0.2) is 22.7 Å². The van der Waals surface area contributed by atoms with Gasteiger partial charge in [-0.15, -0.1) is 25.6 Å². The van der Waals surface area contributed by atoms with Crippen LogP contribution in [0.5, 0.6) is 5.75 Å². The number of halogens is 5. The second-order valence-corrected chi connectivity index (χ2v) is 4.48. The Morgan fingerprint density at radius 1 is 1.29 bits per heavy atom. The highest BCUT2D eigenvalue weighted by molar-refractivity contribution is 9.10. The minimum atomic E-state index is -4.65. The molecule has 1 aliphatic heterocycles. The maximum absolute atomic E-state index is 12.0. The van der Waals surface area contributed by atoms with Crippen LogP contribution in [0.1, 0.15) is 18.0 Å². The standard InChI is InChI=1S/C10H9BrF3NO.ClH/c11-7-3-6(9-1-2-15-9)4-8(5-7)16-10(12,13)14;/h3-5,9,15H,1-2H2;1H/t9-;/m0./s1. The van der Waals surface area contributed by atoms with Crippen LogP contribution < -0.4 is 10.1 Å². The maximum Gasteiger partial charge on any atom is 0.573 e. The molecule has 1 N–H and O–H groups in total. The lowest BCUT2D eigenvalue weighted by atomic mass is 9.98. The van der Waals surface area contributed by atoms with E-state index in [0.717, 1.165) is 18.5 Å². The second-order valence-electron chi connectivity index (χ2n) is 3.56. The topological polar surface area (TPSA) is 21.3 Å². The van der Waals surface area contributed by atoms with Crippen molar-refractivity contribution in [2.24, 2.45) is 0 Å². The van der Waals surface area contributed by atoms with E-state index in [1.165, 1.54) is 12.1 Å². The summed E-state index contributed by atoms with van der Waals surface area (Å²) in [5.41, 5.74) is 0.805. The van der Waals surface area contributed by atoms with Crippen molar-refractivity contribution in [2.45, 2.75) is 18.8 Å². The average Bonchev–Trinajstić information content (AvgIpc) is 1.94. The third kappa shape index (κ3) is 4.04. The average molecular weight is 333 g/mol. The monoisotopic (exact) mass is 331 g/mol. The Balaban J connectivity index is 0.00000144. The molecule has 2 nitrogen and oxygen atoms in total. The summed E-state index contributed by atoms with van der Waals surface area (Å²) in [4.78, 5) is 0. The van der Waals surface area contributed by atoms with Crippen molar-refractivity contribution in [2.75, 3.05) is 6.54 Å². The summed E-state index contributed by atoms with van der Waals surface area (Å²) in [6.45, 7) is 0.895. The largest absolute Gasteiger partial charge is 0.573 e. The molecule has 1 fully saturated rings. The zero-order valence-corrected chi connectivity index (χ0v) is 11.0. The summed E-state index contributed by atoms with van der Waals surface area (Å²) < 4.78 is 40.6. The molecule has 1 aromatic rings. The van der Waals surface area contributed by atoms with Gasteiger partial charge < -0.3 is 10.1 Å². The number of hydrogen-bond donors (Lipinski definition) is 1. The van der Waals surface area contributed by atoms with E-state index in [9.17, 15) is 13.2 Å². The van der Waals surface area contributed by atoms with Crippen LogP contribution in [0.2, 0.25) is 0 Å². The number of hydrogen-bond acceptors (Lipinski definition) is 2. The molecule has 7 heteroatoms. The fourth-order valence-corrected chi connectivity index (χ4v) is 2.04. The Morgan fingerprint density at radius 3 is 2.41 bits per heavy atom. The fraction of sp³-hybridized carbons (Fsp3) is 0.400. The molecular formula is C10H10BrClF3NO. The quantitative estimate of drug-likeness (QED) is 0.889. The molecule has 0 radical (unpaired) electrons. The van der Waals surface area contributed by atoms with Crippen molar-refractivity contribution in [1.29, 1.82) is 0 Å². The number of nitrogens with one attached hydrogen (secondary N) is 1. The molecule has 96 valence electrons. The van der Waals surface area contributed by atoms with Crippen LogP contribution in [0.3, 0.4) is 0 Å². The summed E-state index contributed by atoms with van der Waals surface area (Å²) in [6, 6.07) is 4.64. The molecule has 17 heavy (non-hydrogen) atoms. The molecule has 0 unspecified atom stereocenters. The molecule has 0 spiro atoms. The summed E-state index contributed by atoms with van der Waals surface area (Å²) in [6.07, 6.45) is -3.72. The normalized spacial score (nSPS) is 19.2. The van der Waals surface area contributed by atoms with Crippen molar-refractivity contribution in [1.82, 2.24) is 5.32 Å². The Morgan fingerprint density at radius 2 is 1.94 bits per heavy atom. The summed E-state index contributed by atoms with van der Waals surface area (Å²) in [5.74, 6) is -0.189. The fourth-order valence-electron chi connectivity index (χ4n) is 1.55. The third-order valence-corrected chi connectivity index (χ3v) is 2.81. The first kappa shape index (κ1) is 14.6. The molecule has 0 saturated carbocycles. The Kier molecular flexibility index (Phi) is 4.69. The predicted molar refractivity (Wildman–Crippen MR) is 63.4 cm³/mol. The summed E-state index contributed by atoms with van der Waals surface area (Å²) in [7, 11) is 0. The van der Waals surface area contributed by atoms with E-state index in [0.29, 0.717) is 4.47 Å². The van der Waals surface area contributed by atoms with Gasteiger partial charge in [0.1, 0.15) is 5.75 Å². The van der Waals surface area contributed by atoms with E-state index >= 15 is 0 Å². The van der Waals surface area contributed by atoms with Crippen LogP contribution in [-0.2, 0) is 0 Å². The number of alkyl halides is 3. The molecule has 1 aromatic carbocycles. The predicted octanol–water partition coefficient (Wildman–Crippen LogP) is 3.80. The van der Waals surface area contributed by atoms with Crippen LogP contribution in [0.25, 0.3) is 0 Å². The molecule has 0 bridgehead atoms. The first-order chi connectivity index (χ1) is 7.44. The van der Waals surface area contributed by atoms with E-state index < -0.39 is 6.36 Å². The van der Waals surface area contributed by atoms with Crippen molar-refractivity contribution < 1.29 is 17.9 Å². The van der Waals surface area contributed by atoms with E-state index in [2.05, 4.69) is 26.0 Å². The Bertz CT molecular complexity index is 396. The first-order valence-electron chi connectivity index (χ1n) is 4.74. The van der Waals surface area contributed by atoms with Crippen LogP contribution in [0.4, 0.5) is 13.2 Å². The third-order valence-electron chi connectivity index (χ3n) is 2.35. The van der Waals surface area contributed by atoms with Gasteiger partial charge in [-0.3, -0.25) is 0 Å². The second kappa shape index (κ2) is 5.46. The van der Waals surface area contributed by atoms with Gasteiger partial charge in [0, 0.05) is 10.5 Å². The Hall–Kier alpha value is -0.460. The zero-order valence-electron chi connectivity index (χ0n) is 8.55.